The molecule has 1 aliphatic heterocycles. The van der Waals surface area contributed by atoms with Crippen molar-refractivity contribution in [3.63, 3.8) is 0 Å². The van der Waals surface area contributed by atoms with Gasteiger partial charge in [0, 0.05) is 38.4 Å². The summed E-state index contributed by atoms with van der Waals surface area (Å²) in [6, 6.07) is 8.92. The molecule has 0 unspecified atom stereocenters. The summed E-state index contributed by atoms with van der Waals surface area (Å²) in [4.78, 5) is 20.4. The van der Waals surface area contributed by atoms with Crippen LogP contribution in [0.4, 0.5) is 4.39 Å². The molecule has 1 fully saturated rings. The fraction of sp³-hybridized carbons (Fsp3) is 0.476. The largest absolute Gasteiger partial charge is 0.357 e. The maximum absolute atomic E-state index is 13.2. The molecule has 140 valence electrons. The van der Waals surface area contributed by atoms with Crippen LogP contribution in [0.5, 0.6) is 0 Å². The van der Waals surface area contributed by atoms with Gasteiger partial charge in [-0.3, -0.25) is 9.69 Å². The predicted molar refractivity (Wildman–Crippen MR) is 101 cm³/mol. The lowest BCUT2D eigenvalue weighted by molar-refractivity contribution is 0.0697. The molecule has 0 saturated carbocycles. The van der Waals surface area contributed by atoms with Crippen molar-refractivity contribution in [1.82, 2.24) is 14.8 Å². The molecule has 1 aromatic carbocycles. The molecule has 1 N–H and O–H groups in total. The van der Waals surface area contributed by atoms with E-state index in [0.29, 0.717) is 11.6 Å². The highest BCUT2D eigenvalue weighted by Crippen LogP contribution is 2.21. The van der Waals surface area contributed by atoms with Gasteiger partial charge < -0.3 is 9.88 Å². The monoisotopic (exact) mass is 357 g/mol. The Morgan fingerprint density at radius 1 is 1.27 bits per heavy atom. The van der Waals surface area contributed by atoms with Crippen molar-refractivity contribution in [3.05, 3.63) is 59.2 Å². The summed E-state index contributed by atoms with van der Waals surface area (Å²) >= 11 is 0. The lowest BCUT2D eigenvalue weighted by Gasteiger charge is -2.34. The molecule has 4 nitrogen and oxygen atoms in total. The van der Waals surface area contributed by atoms with E-state index in [4.69, 9.17) is 0 Å². The molecule has 0 radical (unpaired) electrons. The molecule has 1 saturated heterocycles. The number of hydrogen-bond donors (Lipinski definition) is 1. The van der Waals surface area contributed by atoms with Gasteiger partial charge in [0.25, 0.3) is 5.91 Å². The van der Waals surface area contributed by atoms with Crippen LogP contribution >= 0.6 is 0 Å². The van der Waals surface area contributed by atoms with Crippen LogP contribution in [0.25, 0.3) is 0 Å². The molecule has 5 heteroatoms. The lowest BCUT2D eigenvalue weighted by Crippen LogP contribution is -2.45. The molecule has 1 aliphatic rings. The number of aromatic amines is 1. The summed E-state index contributed by atoms with van der Waals surface area (Å²) in [5.41, 5.74) is 2.84. The molecule has 0 spiro atoms. The van der Waals surface area contributed by atoms with Crippen molar-refractivity contribution in [1.29, 1.82) is 0 Å². The van der Waals surface area contributed by atoms with E-state index in [1.54, 1.807) is 0 Å². The molecule has 2 aromatic rings. The quantitative estimate of drug-likeness (QED) is 0.903. The van der Waals surface area contributed by atoms with Gasteiger partial charge >= 0.3 is 0 Å². The standard InChI is InChI=1S/C21H28FN3O/c1-15(2)20-14-25(21(26)19-11-16(3)12-23-19)10-4-9-24(20)13-17-5-7-18(22)8-6-17/h5-8,11-12,15,20,23H,4,9-10,13-14H2,1-3H3/t20-/m1/s1. The number of aryl methyl sites for hydroxylation is 1. The van der Waals surface area contributed by atoms with Gasteiger partial charge in [-0.1, -0.05) is 26.0 Å². The van der Waals surface area contributed by atoms with E-state index >= 15 is 0 Å². The number of hydrogen-bond acceptors (Lipinski definition) is 2. The van der Waals surface area contributed by atoms with Gasteiger partial charge in [-0.2, -0.15) is 0 Å². The van der Waals surface area contributed by atoms with Gasteiger partial charge in [0.1, 0.15) is 11.5 Å². The van der Waals surface area contributed by atoms with E-state index in [1.165, 1.54) is 12.1 Å². The van der Waals surface area contributed by atoms with Gasteiger partial charge in [-0.25, -0.2) is 4.39 Å². The average Bonchev–Trinajstić information content (AvgIpc) is 2.93. The minimum Gasteiger partial charge on any atom is -0.357 e. The highest BCUT2D eigenvalue weighted by molar-refractivity contribution is 5.92. The van der Waals surface area contributed by atoms with Gasteiger partial charge in [-0.15, -0.1) is 0 Å². The molecular weight excluding hydrogens is 329 g/mol. The van der Waals surface area contributed by atoms with Crippen molar-refractivity contribution in [3.8, 4) is 0 Å². The van der Waals surface area contributed by atoms with Crippen LogP contribution in [0.15, 0.2) is 36.5 Å². The zero-order valence-corrected chi connectivity index (χ0v) is 15.8. The number of carbonyl (C=O) groups excluding carboxylic acids is 1. The summed E-state index contributed by atoms with van der Waals surface area (Å²) in [7, 11) is 0. The van der Waals surface area contributed by atoms with E-state index in [0.717, 1.165) is 43.7 Å². The summed E-state index contributed by atoms with van der Waals surface area (Å²) in [5, 5.41) is 0. The number of benzene rings is 1. The number of rotatable bonds is 4. The van der Waals surface area contributed by atoms with E-state index < -0.39 is 0 Å². The van der Waals surface area contributed by atoms with Crippen LogP contribution < -0.4 is 0 Å². The van der Waals surface area contributed by atoms with Crippen LogP contribution in [0.1, 0.15) is 41.9 Å². The first-order valence-corrected chi connectivity index (χ1v) is 9.37. The zero-order valence-electron chi connectivity index (χ0n) is 15.8. The van der Waals surface area contributed by atoms with Crippen LogP contribution in [0, 0.1) is 18.7 Å². The van der Waals surface area contributed by atoms with E-state index in [2.05, 4.69) is 23.7 Å². The van der Waals surface area contributed by atoms with Crippen LogP contribution in [-0.4, -0.2) is 46.4 Å². The molecule has 0 aliphatic carbocycles. The first-order valence-electron chi connectivity index (χ1n) is 9.37. The Kier molecular flexibility index (Phi) is 5.77. The number of amides is 1. The molecule has 1 aromatic heterocycles. The second-order valence-electron chi connectivity index (χ2n) is 7.60. The van der Waals surface area contributed by atoms with Crippen molar-refractivity contribution in [2.45, 2.75) is 39.8 Å². The Morgan fingerprint density at radius 2 is 2.00 bits per heavy atom. The number of halogens is 1. The van der Waals surface area contributed by atoms with Crippen LogP contribution in [0.2, 0.25) is 0 Å². The summed E-state index contributed by atoms with van der Waals surface area (Å²) in [5.74, 6) is 0.296. The molecular formula is C21H28FN3O. The minimum atomic E-state index is -0.206. The SMILES string of the molecule is Cc1c[nH]c(C(=O)N2CCCN(Cc3ccc(F)cc3)[C@@H](C(C)C)C2)c1. The Bertz CT molecular complexity index is 738. The Balaban J connectivity index is 1.74. The molecule has 3 rings (SSSR count). The zero-order chi connectivity index (χ0) is 18.7. The number of nitrogens with one attached hydrogen (secondary N) is 1. The maximum Gasteiger partial charge on any atom is 0.270 e. The lowest BCUT2D eigenvalue weighted by atomic mass is 10.0. The Labute approximate surface area is 155 Å². The van der Waals surface area contributed by atoms with Gasteiger partial charge in [0.05, 0.1) is 0 Å². The second kappa shape index (κ2) is 8.04. The Morgan fingerprint density at radius 3 is 2.62 bits per heavy atom. The van der Waals surface area contributed by atoms with Crippen molar-refractivity contribution in [2.24, 2.45) is 5.92 Å². The highest BCUT2D eigenvalue weighted by Gasteiger charge is 2.30. The molecule has 26 heavy (non-hydrogen) atoms. The molecule has 0 bridgehead atoms. The van der Waals surface area contributed by atoms with E-state index in [-0.39, 0.29) is 17.8 Å². The van der Waals surface area contributed by atoms with E-state index in [1.807, 2.05) is 36.2 Å². The first kappa shape index (κ1) is 18.6. The number of aromatic nitrogens is 1. The van der Waals surface area contributed by atoms with Gasteiger partial charge in [0.15, 0.2) is 0 Å². The van der Waals surface area contributed by atoms with Crippen LogP contribution in [-0.2, 0) is 6.54 Å². The maximum atomic E-state index is 13.2. The third-order valence-corrected chi connectivity index (χ3v) is 5.16. The number of carbonyl (C=O) groups is 1. The second-order valence-corrected chi connectivity index (χ2v) is 7.60. The van der Waals surface area contributed by atoms with Crippen molar-refractivity contribution in [2.75, 3.05) is 19.6 Å². The van der Waals surface area contributed by atoms with Crippen molar-refractivity contribution < 1.29 is 9.18 Å². The summed E-state index contributed by atoms with van der Waals surface area (Å²) in [6.45, 7) is 9.59. The highest BCUT2D eigenvalue weighted by atomic mass is 19.1. The predicted octanol–water partition coefficient (Wildman–Crippen LogP) is 3.83. The van der Waals surface area contributed by atoms with Crippen LogP contribution in [0.3, 0.4) is 0 Å². The normalized spacial score (nSPS) is 19.0. The third-order valence-electron chi connectivity index (χ3n) is 5.16. The topological polar surface area (TPSA) is 39.3 Å². The Hall–Kier alpha value is -2.14. The number of H-pyrrole nitrogens is 1. The van der Waals surface area contributed by atoms with Crippen molar-refractivity contribution >= 4 is 5.91 Å². The fourth-order valence-electron chi connectivity index (χ4n) is 3.70. The molecule has 1 atom stereocenters. The minimum absolute atomic E-state index is 0.0763. The fourth-order valence-corrected chi connectivity index (χ4v) is 3.70. The smallest absolute Gasteiger partial charge is 0.270 e. The summed E-state index contributed by atoms with van der Waals surface area (Å²) in [6.07, 6.45) is 2.81. The van der Waals surface area contributed by atoms with Gasteiger partial charge in [-0.05, 0) is 48.6 Å². The number of nitrogens with zero attached hydrogens (tertiary/aromatic N) is 2. The van der Waals surface area contributed by atoms with E-state index in [9.17, 15) is 9.18 Å². The summed E-state index contributed by atoms with van der Waals surface area (Å²) < 4.78 is 13.2. The molecule has 2 heterocycles. The van der Waals surface area contributed by atoms with Gasteiger partial charge in [0.2, 0.25) is 0 Å². The molecule has 1 amide bonds. The third kappa shape index (κ3) is 4.33. The first-order chi connectivity index (χ1) is 12.4. The average molecular weight is 357 g/mol.